The summed E-state index contributed by atoms with van der Waals surface area (Å²) in [4.78, 5) is 15.7. The molecule has 4 bridgehead atoms. The Morgan fingerprint density at radius 3 is 2.74 bits per heavy atom. The number of rotatable bonds is 9. The molecule has 208 valence electrons. The standard InChI is InChI=1S/C31H44N2O5/c1-18(2)13-22(32)27(34)37-17-21-15-29-9-10-31(21,36-4)28-30(29)11-12-33(16-19-5-6-19)24(29)14-20-7-8-23(35-3)26(38-28)25(20)30/h7-8,18-19,21-22,24,28H,5-6,9-17,32H2,1-4H3/t21-,22?,24-,28-,29-,30+,31-/m1/s1. The molecule has 7 nitrogen and oxygen atoms in total. The topological polar surface area (TPSA) is 83.2 Å². The molecular formula is C31H44N2O5. The van der Waals surface area contributed by atoms with Crippen LogP contribution in [0.5, 0.6) is 11.5 Å². The van der Waals surface area contributed by atoms with Gasteiger partial charge < -0.3 is 24.7 Å². The number of hydrogen-bond donors (Lipinski definition) is 1. The maximum Gasteiger partial charge on any atom is 0.322 e. The second-order valence-corrected chi connectivity index (χ2v) is 13.6. The number of benzene rings is 1. The molecule has 2 heterocycles. The van der Waals surface area contributed by atoms with Crippen molar-refractivity contribution < 1.29 is 23.7 Å². The number of nitrogens with two attached hydrogens (primary N) is 1. The van der Waals surface area contributed by atoms with Crippen LogP contribution in [0.2, 0.25) is 0 Å². The van der Waals surface area contributed by atoms with Gasteiger partial charge in [-0.2, -0.15) is 0 Å². The number of ether oxygens (including phenoxy) is 4. The molecule has 2 aliphatic heterocycles. The molecule has 38 heavy (non-hydrogen) atoms. The van der Waals surface area contributed by atoms with Crippen molar-refractivity contribution in [3.05, 3.63) is 23.3 Å². The van der Waals surface area contributed by atoms with Gasteiger partial charge in [0.15, 0.2) is 11.5 Å². The molecule has 1 aromatic rings. The molecule has 1 aromatic carbocycles. The highest BCUT2D eigenvalue weighted by atomic mass is 16.6. The Hall–Kier alpha value is -1.83. The van der Waals surface area contributed by atoms with Gasteiger partial charge >= 0.3 is 5.97 Å². The first kappa shape index (κ1) is 25.2. The van der Waals surface area contributed by atoms with Crippen LogP contribution in [0.3, 0.4) is 0 Å². The fourth-order valence-electron chi connectivity index (χ4n) is 9.79. The van der Waals surface area contributed by atoms with E-state index in [0.717, 1.165) is 56.1 Å². The van der Waals surface area contributed by atoms with E-state index in [1.807, 2.05) is 7.11 Å². The zero-order valence-corrected chi connectivity index (χ0v) is 23.5. The Morgan fingerprint density at radius 1 is 1.21 bits per heavy atom. The number of likely N-dealkylation sites (tertiary alicyclic amines) is 1. The molecule has 8 rings (SSSR count). The Morgan fingerprint density at radius 2 is 2.03 bits per heavy atom. The lowest BCUT2D eigenvalue weighted by molar-refractivity contribution is -0.282. The van der Waals surface area contributed by atoms with Gasteiger partial charge in [-0.3, -0.25) is 9.69 Å². The molecule has 1 unspecified atom stereocenters. The van der Waals surface area contributed by atoms with Gasteiger partial charge in [0, 0.05) is 42.0 Å². The van der Waals surface area contributed by atoms with Gasteiger partial charge in [0.25, 0.3) is 0 Å². The summed E-state index contributed by atoms with van der Waals surface area (Å²) in [6, 6.07) is 4.28. The second kappa shape index (κ2) is 8.58. The van der Waals surface area contributed by atoms with Gasteiger partial charge in [-0.15, -0.1) is 0 Å². The highest BCUT2D eigenvalue weighted by Crippen LogP contribution is 2.76. The first-order valence-electron chi connectivity index (χ1n) is 14.9. The van der Waals surface area contributed by atoms with Crippen molar-refractivity contribution in [3.63, 3.8) is 0 Å². The Kier molecular flexibility index (Phi) is 5.68. The fourth-order valence-corrected chi connectivity index (χ4v) is 9.79. The normalized spacial score (nSPS) is 39.1. The molecule has 2 N–H and O–H groups in total. The van der Waals surface area contributed by atoms with Crippen LogP contribution in [0.25, 0.3) is 0 Å². The Labute approximate surface area is 226 Å². The quantitative estimate of drug-likeness (QED) is 0.492. The third-order valence-electron chi connectivity index (χ3n) is 11.5. The first-order valence-corrected chi connectivity index (χ1v) is 14.9. The number of hydrogen-bond acceptors (Lipinski definition) is 7. The van der Waals surface area contributed by atoms with Gasteiger partial charge in [0.2, 0.25) is 0 Å². The summed E-state index contributed by atoms with van der Waals surface area (Å²) in [6.07, 6.45) is 8.46. The van der Waals surface area contributed by atoms with E-state index in [-0.39, 0.29) is 28.8 Å². The minimum Gasteiger partial charge on any atom is -0.493 e. The lowest BCUT2D eigenvalue weighted by atomic mass is 9.35. The molecule has 4 saturated carbocycles. The molecule has 7 heteroatoms. The Balaban J connectivity index is 1.30. The highest BCUT2D eigenvalue weighted by Gasteiger charge is 2.80. The minimum absolute atomic E-state index is 0.0693. The van der Waals surface area contributed by atoms with Crippen molar-refractivity contribution >= 4 is 5.97 Å². The van der Waals surface area contributed by atoms with E-state index >= 15 is 0 Å². The molecular weight excluding hydrogens is 480 g/mol. The third kappa shape index (κ3) is 3.15. The second-order valence-electron chi connectivity index (χ2n) is 13.6. The van der Waals surface area contributed by atoms with Gasteiger partial charge in [0.1, 0.15) is 17.7 Å². The van der Waals surface area contributed by atoms with E-state index in [0.29, 0.717) is 25.0 Å². The number of piperidine rings is 1. The van der Waals surface area contributed by atoms with Crippen LogP contribution in [-0.4, -0.2) is 68.6 Å². The number of nitrogens with zero attached hydrogens (tertiary/aromatic N) is 1. The number of esters is 1. The molecule has 2 spiro atoms. The summed E-state index contributed by atoms with van der Waals surface area (Å²) in [7, 11) is 3.57. The lowest BCUT2D eigenvalue weighted by Crippen LogP contribution is -2.81. The molecule has 0 amide bonds. The van der Waals surface area contributed by atoms with Gasteiger partial charge in [-0.1, -0.05) is 19.9 Å². The lowest BCUT2D eigenvalue weighted by Gasteiger charge is -2.73. The van der Waals surface area contributed by atoms with Gasteiger partial charge in [-0.25, -0.2) is 0 Å². The summed E-state index contributed by atoms with van der Waals surface area (Å²) in [5.41, 5.74) is 8.52. The predicted octanol–water partition coefficient (Wildman–Crippen LogP) is 3.84. The maximum absolute atomic E-state index is 12.9. The smallest absolute Gasteiger partial charge is 0.322 e. The van der Waals surface area contributed by atoms with Crippen LogP contribution in [0.15, 0.2) is 12.1 Å². The fraction of sp³-hybridized carbons (Fsp3) is 0.774. The zero-order chi connectivity index (χ0) is 26.4. The zero-order valence-electron chi connectivity index (χ0n) is 23.5. The predicted molar refractivity (Wildman–Crippen MR) is 143 cm³/mol. The molecule has 7 atom stereocenters. The van der Waals surface area contributed by atoms with Crippen LogP contribution in [0.4, 0.5) is 0 Å². The van der Waals surface area contributed by atoms with Crippen molar-refractivity contribution in [1.29, 1.82) is 0 Å². The Bertz CT molecular complexity index is 1140. The van der Waals surface area contributed by atoms with Crippen LogP contribution in [-0.2, 0) is 26.1 Å². The van der Waals surface area contributed by atoms with E-state index < -0.39 is 11.6 Å². The van der Waals surface area contributed by atoms with Crippen molar-refractivity contribution in [2.45, 2.75) is 94.4 Å². The number of methoxy groups -OCH3 is 2. The maximum atomic E-state index is 12.9. The number of fused-ring (bicyclic) bond motifs is 2. The summed E-state index contributed by atoms with van der Waals surface area (Å²) in [5.74, 6) is 2.75. The summed E-state index contributed by atoms with van der Waals surface area (Å²) in [6.45, 7) is 6.83. The molecule has 5 fully saturated rings. The molecule has 7 aliphatic rings. The minimum atomic E-state index is -0.583. The molecule has 0 aromatic heterocycles. The average molecular weight is 525 g/mol. The number of carbonyl (C=O) groups excluding carboxylic acids is 1. The SMILES string of the molecule is COc1ccc2c3c1O[C@H]1[C@@]4(OC)CC[C@@]5(C[C@@H]4COC(=O)C(N)CC(C)C)[C@@H](C2)N(CC2CC2)CC[C@]315. The van der Waals surface area contributed by atoms with Crippen LogP contribution in [0, 0.1) is 23.2 Å². The van der Waals surface area contributed by atoms with Crippen molar-refractivity contribution in [2.24, 2.45) is 28.9 Å². The number of carbonyl (C=O) groups is 1. The van der Waals surface area contributed by atoms with Crippen LogP contribution in [0.1, 0.15) is 69.9 Å². The highest BCUT2D eigenvalue weighted by molar-refractivity contribution is 5.75. The van der Waals surface area contributed by atoms with E-state index in [1.165, 1.54) is 30.5 Å². The molecule has 1 saturated heterocycles. The summed E-state index contributed by atoms with van der Waals surface area (Å²) >= 11 is 0. The summed E-state index contributed by atoms with van der Waals surface area (Å²) in [5, 5.41) is 0. The van der Waals surface area contributed by atoms with Crippen molar-refractivity contribution in [3.8, 4) is 11.5 Å². The third-order valence-corrected chi connectivity index (χ3v) is 11.5. The van der Waals surface area contributed by atoms with Crippen LogP contribution < -0.4 is 15.2 Å². The van der Waals surface area contributed by atoms with E-state index in [2.05, 4.69) is 30.9 Å². The van der Waals surface area contributed by atoms with Crippen LogP contribution >= 0.6 is 0 Å². The van der Waals surface area contributed by atoms with E-state index in [4.69, 9.17) is 24.7 Å². The first-order chi connectivity index (χ1) is 18.3. The van der Waals surface area contributed by atoms with E-state index in [1.54, 1.807) is 7.11 Å². The van der Waals surface area contributed by atoms with E-state index in [9.17, 15) is 4.79 Å². The molecule has 0 radical (unpaired) electrons. The largest absolute Gasteiger partial charge is 0.493 e. The monoisotopic (exact) mass is 524 g/mol. The van der Waals surface area contributed by atoms with Gasteiger partial charge in [-0.05, 0) is 81.4 Å². The van der Waals surface area contributed by atoms with Crippen molar-refractivity contribution in [1.82, 2.24) is 4.90 Å². The van der Waals surface area contributed by atoms with Gasteiger partial charge in [0.05, 0.1) is 13.7 Å². The average Bonchev–Trinajstić information content (AvgIpc) is 3.65. The summed E-state index contributed by atoms with van der Waals surface area (Å²) < 4.78 is 25.4. The molecule has 5 aliphatic carbocycles. The van der Waals surface area contributed by atoms with Crippen molar-refractivity contribution in [2.75, 3.05) is 33.9 Å².